The van der Waals surface area contributed by atoms with Gasteiger partial charge in [0.15, 0.2) is 6.20 Å². The highest BCUT2D eigenvalue weighted by Gasteiger charge is 2.47. The van der Waals surface area contributed by atoms with E-state index in [0.717, 1.165) is 22.0 Å². The van der Waals surface area contributed by atoms with Crippen molar-refractivity contribution >= 4 is 21.5 Å². The molecule has 0 saturated carbocycles. The summed E-state index contributed by atoms with van der Waals surface area (Å²) in [4.78, 5) is 0. The number of alkyl halides is 3. The van der Waals surface area contributed by atoms with Crippen molar-refractivity contribution in [3.63, 3.8) is 0 Å². The molecule has 154 valence electrons. The van der Waals surface area contributed by atoms with Gasteiger partial charge in [-0.2, -0.15) is 13.2 Å². The number of hydrogen-bond acceptors (Lipinski definition) is 0. The maximum absolute atomic E-state index is 13.3. The average molecular weight is 408 g/mol. The molecule has 3 aromatic carbocycles. The zero-order chi connectivity index (χ0) is 21.7. The van der Waals surface area contributed by atoms with Crippen LogP contribution in [0.15, 0.2) is 66.9 Å². The minimum Gasteiger partial charge on any atom is -0.200 e. The number of aryl methyl sites for hydroxylation is 2. The Morgan fingerprint density at radius 3 is 2.30 bits per heavy atom. The van der Waals surface area contributed by atoms with Crippen LogP contribution >= 0.6 is 0 Å². The Labute approximate surface area is 174 Å². The largest absolute Gasteiger partial charge is 0.394 e. The summed E-state index contributed by atoms with van der Waals surface area (Å²) in [6, 6.07) is 20.2. The molecule has 1 nitrogen and oxygen atoms in total. The van der Waals surface area contributed by atoms with Crippen LogP contribution in [0.1, 0.15) is 25.0 Å². The molecule has 30 heavy (non-hydrogen) atoms. The lowest BCUT2D eigenvalue weighted by Gasteiger charge is -2.27. The van der Waals surface area contributed by atoms with E-state index < -0.39 is 11.6 Å². The number of benzene rings is 3. The predicted molar refractivity (Wildman–Crippen MR) is 116 cm³/mol. The lowest BCUT2D eigenvalue weighted by Crippen LogP contribution is -2.34. The molecule has 0 unspecified atom stereocenters. The van der Waals surface area contributed by atoms with E-state index >= 15 is 0 Å². The molecular weight excluding hydrogens is 383 g/mol. The molecule has 0 amide bonds. The van der Waals surface area contributed by atoms with Gasteiger partial charge in [0, 0.05) is 6.07 Å². The van der Waals surface area contributed by atoms with Gasteiger partial charge < -0.3 is 0 Å². The van der Waals surface area contributed by atoms with Gasteiger partial charge in [0.25, 0.3) is 0 Å². The van der Waals surface area contributed by atoms with Crippen LogP contribution in [0.2, 0.25) is 0 Å². The highest BCUT2D eigenvalue weighted by atomic mass is 19.4. The molecule has 0 aliphatic carbocycles. The second-order valence-corrected chi connectivity index (χ2v) is 8.71. The lowest BCUT2D eigenvalue weighted by molar-refractivity contribution is -0.659. The molecule has 0 bridgehead atoms. The van der Waals surface area contributed by atoms with Crippen LogP contribution in [-0.4, -0.2) is 6.18 Å². The second kappa shape index (κ2) is 7.12. The molecule has 0 fully saturated rings. The third-order valence-electron chi connectivity index (χ3n) is 6.07. The van der Waals surface area contributed by atoms with Crippen LogP contribution in [-0.2, 0) is 13.5 Å². The zero-order valence-electron chi connectivity index (χ0n) is 17.6. The summed E-state index contributed by atoms with van der Waals surface area (Å²) in [5.74, 6) is 0. The molecular formula is C26H25F3N+. The SMILES string of the molecule is Cc1c(-c2c3ccc(CC(C)(C)C(F)(F)F)cc3cc[n+]2C)ccc2ccccc12. The fraction of sp³-hybridized carbons (Fsp3) is 0.269. The minimum atomic E-state index is -4.24. The van der Waals surface area contributed by atoms with Crippen LogP contribution < -0.4 is 4.57 Å². The van der Waals surface area contributed by atoms with Gasteiger partial charge in [-0.1, -0.05) is 56.3 Å². The molecule has 0 N–H and O–H groups in total. The molecule has 0 atom stereocenters. The van der Waals surface area contributed by atoms with Gasteiger partial charge in [0.2, 0.25) is 5.69 Å². The Morgan fingerprint density at radius 1 is 0.833 bits per heavy atom. The highest BCUT2D eigenvalue weighted by Crippen LogP contribution is 2.41. The number of fused-ring (bicyclic) bond motifs is 2. The molecule has 4 rings (SSSR count). The molecule has 0 aliphatic rings. The highest BCUT2D eigenvalue weighted by molar-refractivity contribution is 5.98. The van der Waals surface area contributed by atoms with Gasteiger partial charge in [0.1, 0.15) is 7.05 Å². The van der Waals surface area contributed by atoms with Crippen molar-refractivity contribution in [1.82, 2.24) is 0 Å². The van der Waals surface area contributed by atoms with Gasteiger partial charge in [-0.15, -0.1) is 0 Å². The molecule has 1 aromatic heterocycles. The van der Waals surface area contributed by atoms with Gasteiger partial charge in [-0.05, 0) is 52.8 Å². The summed E-state index contributed by atoms with van der Waals surface area (Å²) in [7, 11) is 2.00. The lowest BCUT2D eigenvalue weighted by atomic mass is 9.84. The zero-order valence-corrected chi connectivity index (χ0v) is 17.6. The smallest absolute Gasteiger partial charge is 0.200 e. The van der Waals surface area contributed by atoms with Gasteiger partial charge in [0.05, 0.1) is 16.4 Å². The van der Waals surface area contributed by atoms with E-state index in [9.17, 15) is 13.2 Å². The maximum Gasteiger partial charge on any atom is 0.394 e. The number of halogens is 3. The quantitative estimate of drug-likeness (QED) is 0.324. The first-order valence-electron chi connectivity index (χ1n) is 10.1. The second-order valence-electron chi connectivity index (χ2n) is 8.71. The van der Waals surface area contributed by atoms with Crippen molar-refractivity contribution in [2.45, 2.75) is 33.4 Å². The molecule has 0 aliphatic heterocycles. The average Bonchev–Trinajstić information content (AvgIpc) is 2.68. The third kappa shape index (κ3) is 3.45. The van der Waals surface area contributed by atoms with Gasteiger partial charge in [-0.3, -0.25) is 0 Å². The van der Waals surface area contributed by atoms with E-state index in [0.29, 0.717) is 5.56 Å². The van der Waals surface area contributed by atoms with E-state index in [-0.39, 0.29) is 6.42 Å². The Balaban J connectivity index is 1.86. The third-order valence-corrected chi connectivity index (χ3v) is 6.07. The van der Waals surface area contributed by atoms with Crippen molar-refractivity contribution < 1.29 is 17.7 Å². The summed E-state index contributed by atoms with van der Waals surface area (Å²) in [6.07, 6.45) is -2.30. The monoisotopic (exact) mass is 408 g/mol. The Bertz CT molecular complexity index is 1250. The van der Waals surface area contributed by atoms with E-state index in [4.69, 9.17) is 0 Å². The summed E-state index contributed by atoms with van der Waals surface area (Å²) in [5, 5.41) is 4.38. The van der Waals surface area contributed by atoms with Crippen molar-refractivity contribution in [3.8, 4) is 11.3 Å². The van der Waals surface area contributed by atoms with Crippen molar-refractivity contribution in [2.75, 3.05) is 0 Å². The standard InChI is InChI=1S/C26H25F3N/c1-17-21-8-6-5-7-19(21)10-12-22(17)24-23-11-9-18(15-20(23)13-14-30(24)4)16-25(2,3)26(27,28)29/h5-15H,16H2,1-4H3/q+1. The molecule has 0 radical (unpaired) electrons. The van der Waals surface area contributed by atoms with Crippen molar-refractivity contribution in [1.29, 1.82) is 0 Å². The molecule has 0 spiro atoms. The predicted octanol–water partition coefficient (Wildman–Crippen LogP) is 6.92. The molecule has 1 heterocycles. The van der Waals surface area contributed by atoms with Crippen LogP contribution in [0.5, 0.6) is 0 Å². The fourth-order valence-corrected chi connectivity index (χ4v) is 4.16. The van der Waals surface area contributed by atoms with Crippen LogP contribution in [0, 0.1) is 12.3 Å². The van der Waals surface area contributed by atoms with Crippen LogP contribution in [0.25, 0.3) is 32.8 Å². The number of pyridine rings is 1. The summed E-state index contributed by atoms with van der Waals surface area (Å²) in [6.45, 7) is 4.63. The number of rotatable bonds is 3. The number of hydrogen-bond donors (Lipinski definition) is 0. The van der Waals surface area contributed by atoms with E-state index in [2.05, 4.69) is 35.8 Å². The summed E-state index contributed by atoms with van der Waals surface area (Å²) >= 11 is 0. The van der Waals surface area contributed by atoms with Crippen LogP contribution in [0.3, 0.4) is 0 Å². The normalized spacial score (nSPS) is 12.6. The molecule has 4 aromatic rings. The number of nitrogens with zero attached hydrogens (tertiary/aromatic N) is 1. The minimum absolute atomic E-state index is 0.0439. The molecule has 4 heteroatoms. The van der Waals surface area contributed by atoms with E-state index in [1.54, 1.807) is 0 Å². The van der Waals surface area contributed by atoms with Crippen molar-refractivity contribution in [2.24, 2.45) is 12.5 Å². The van der Waals surface area contributed by atoms with E-state index in [1.165, 1.54) is 30.2 Å². The fourth-order valence-electron chi connectivity index (χ4n) is 4.16. The van der Waals surface area contributed by atoms with E-state index in [1.807, 2.05) is 49.6 Å². The first-order valence-corrected chi connectivity index (χ1v) is 10.1. The first-order chi connectivity index (χ1) is 14.1. The first kappa shape index (κ1) is 20.4. The summed E-state index contributed by atoms with van der Waals surface area (Å²) in [5.41, 5.74) is 2.32. The Morgan fingerprint density at radius 2 is 1.57 bits per heavy atom. The van der Waals surface area contributed by atoms with Crippen LogP contribution in [0.4, 0.5) is 13.2 Å². The topological polar surface area (TPSA) is 3.88 Å². The van der Waals surface area contributed by atoms with Gasteiger partial charge >= 0.3 is 6.18 Å². The summed E-state index contributed by atoms with van der Waals surface area (Å²) < 4.78 is 42.1. The maximum atomic E-state index is 13.3. The Hall–Kier alpha value is -2.88. The van der Waals surface area contributed by atoms with Crippen molar-refractivity contribution in [3.05, 3.63) is 78.0 Å². The Kier molecular flexibility index (Phi) is 4.84. The molecule has 0 saturated heterocycles. The number of aromatic nitrogens is 1. The van der Waals surface area contributed by atoms with Gasteiger partial charge in [-0.25, -0.2) is 4.57 Å².